The highest BCUT2D eigenvalue weighted by atomic mass is 16.2. The van der Waals surface area contributed by atoms with Crippen LogP contribution in [0.15, 0.2) is 0 Å². The van der Waals surface area contributed by atoms with Crippen molar-refractivity contribution in [1.29, 1.82) is 0 Å². The molecule has 4 nitrogen and oxygen atoms in total. The van der Waals surface area contributed by atoms with Gasteiger partial charge in [0.05, 0.1) is 0 Å². The van der Waals surface area contributed by atoms with Crippen LogP contribution < -0.4 is 0 Å². The van der Waals surface area contributed by atoms with Gasteiger partial charge in [-0.3, -0.25) is 9.69 Å². The van der Waals surface area contributed by atoms with Gasteiger partial charge in [0, 0.05) is 50.2 Å². The standard InChI is InChI=1S/C23H43N3O/c1-5-8-20(6-2)25-15-16-26(18(3)17-25)23(27)14-13-21-9-7-10-22(24(21)4)19-11-12-19/h18-22H,5-17H2,1-4H3. The molecule has 2 aliphatic heterocycles. The molecule has 3 fully saturated rings. The molecule has 3 aliphatic rings. The first kappa shape index (κ1) is 21.1. The van der Waals surface area contributed by atoms with E-state index in [4.69, 9.17) is 0 Å². The van der Waals surface area contributed by atoms with Gasteiger partial charge >= 0.3 is 0 Å². The molecule has 0 spiro atoms. The Labute approximate surface area is 167 Å². The Hall–Kier alpha value is -0.610. The summed E-state index contributed by atoms with van der Waals surface area (Å²) in [5.74, 6) is 1.35. The highest BCUT2D eigenvalue weighted by molar-refractivity contribution is 5.76. The van der Waals surface area contributed by atoms with Crippen molar-refractivity contribution < 1.29 is 4.79 Å². The minimum atomic E-state index is 0.362. The second-order valence-electron chi connectivity index (χ2n) is 9.48. The molecule has 0 aromatic carbocycles. The van der Waals surface area contributed by atoms with Gasteiger partial charge in [0.15, 0.2) is 0 Å². The quantitative estimate of drug-likeness (QED) is 0.636. The van der Waals surface area contributed by atoms with Crippen molar-refractivity contribution in [3.63, 3.8) is 0 Å². The van der Waals surface area contributed by atoms with Crippen molar-refractivity contribution in [1.82, 2.24) is 14.7 Å². The third-order valence-corrected chi connectivity index (χ3v) is 7.58. The summed E-state index contributed by atoms with van der Waals surface area (Å²) in [7, 11) is 2.32. The maximum absolute atomic E-state index is 12.9. The van der Waals surface area contributed by atoms with Crippen LogP contribution >= 0.6 is 0 Å². The molecule has 0 aromatic rings. The summed E-state index contributed by atoms with van der Waals surface area (Å²) in [5, 5.41) is 0. The van der Waals surface area contributed by atoms with Crippen LogP contribution in [0.2, 0.25) is 0 Å². The Morgan fingerprint density at radius 1 is 1.11 bits per heavy atom. The molecule has 27 heavy (non-hydrogen) atoms. The van der Waals surface area contributed by atoms with Gasteiger partial charge in [0.25, 0.3) is 0 Å². The largest absolute Gasteiger partial charge is 0.337 e. The van der Waals surface area contributed by atoms with Crippen LogP contribution in [0.4, 0.5) is 0 Å². The normalized spacial score (nSPS) is 31.9. The molecule has 1 aliphatic carbocycles. The smallest absolute Gasteiger partial charge is 0.222 e. The van der Waals surface area contributed by atoms with Gasteiger partial charge in [-0.2, -0.15) is 0 Å². The maximum atomic E-state index is 12.9. The number of hydrogen-bond donors (Lipinski definition) is 0. The minimum absolute atomic E-state index is 0.362. The lowest BCUT2D eigenvalue weighted by atomic mass is 9.91. The Balaban J connectivity index is 1.45. The summed E-state index contributed by atoms with van der Waals surface area (Å²) in [6.45, 7) is 9.86. The van der Waals surface area contributed by atoms with E-state index in [9.17, 15) is 4.79 Å². The third-order valence-electron chi connectivity index (χ3n) is 7.58. The lowest BCUT2D eigenvalue weighted by molar-refractivity contribution is -0.136. The first-order valence-corrected chi connectivity index (χ1v) is 11.8. The number of amides is 1. The predicted molar refractivity (Wildman–Crippen MR) is 113 cm³/mol. The van der Waals surface area contributed by atoms with E-state index in [0.717, 1.165) is 44.4 Å². The van der Waals surface area contributed by atoms with Gasteiger partial charge in [0.2, 0.25) is 5.91 Å². The van der Waals surface area contributed by atoms with Crippen molar-refractivity contribution >= 4 is 5.91 Å². The van der Waals surface area contributed by atoms with E-state index in [2.05, 4.69) is 42.5 Å². The molecule has 4 unspecified atom stereocenters. The predicted octanol–water partition coefficient (Wildman–Crippen LogP) is 4.14. The zero-order valence-electron chi connectivity index (χ0n) is 18.3. The second-order valence-corrected chi connectivity index (χ2v) is 9.48. The minimum Gasteiger partial charge on any atom is -0.337 e. The average molecular weight is 378 g/mol. The zero-order valence-corrected chi connectivity index (χ0v) is 18.3. The molecular formula is C23H43N3O. The van der Waals surface area contributed by atoms with E-state index in [-0.39, 0.29) is 0 Å². The number of piperazine rings is 1. The van der Waals surface area contributed by atoms with Crippen LogP contribution in [-0.4, -0.2) is 71.5 Å². The molecule has 1 amide bonds. The summed E-state index contributed by atoms with van der Waals surface area (Å²) in [4.78, 5) is 20.4. The molecule has 0 radical (unpaired) electrons. The first-order valence-electron chi connectivity index (χ1n) is 11.8. The molecule has 0 aromatic heterocycles. The topological polar surface area (TPSA) is 26.8 Å². The maximum Gasteiger partial charge on any atom is 0.222 e. The Bertz CT molecular complexity index is 478. The van der Waals surface area contributed by atoms with E-state index in [0.29, 0.717) is 24.0 Å². The SMILES string of the molecule is CCCC(CC)N1CCN(C(=O)CCC2CCCC(C3CC3)N2C)C(C)C1. The average Bonchev–Trinajstić information content (AvgIpc) is 3.50. The summed E-state index contributed by atoms with van der Waals surface area (Å²) in [6, 6.07) is 2.48. The number of likely N-dealkylation sites (tertiary alicyclic amines) is 1. The van der Waals surface area contributed by atoms with Crippen molar-refractivity contribution in [3.8, 4) is 0 Å². The van der Waals surface area contributed by atoms with Crippen LogP contribution in [0.25, 0.3) is 0 Å². The number of rotatable bonds is 8. The monoisotopic (exact) mass is 377 g/mol. The lowest BCUT2D eigenvalue weighted by Crippen LogP contribution is -2.56. The highest BCUT2D eigenvalue weighted by Gasteiger charge is 2.38. The lowest BCUT2D eigenvalue weighted by Gasteiger charge is -2.44. The van der Waals surface area contributed by atoms with Gasteiger partial charge < -0.3 is 9.80 Å². The molecule has 156 valence electrons. The third kappa shape index (κ3) is 5.26. The molecule has 1 saturated carbocycles. The van der Waals surface area contributed by atoms with Gasteiger partial charge in [-0.15, -0.1) is 0 Å². The Morgan fingerprint density at radius 3 is 2.52 bits per heavy atom. The van der Waals surface area contributed by atoms with Gasteiger partial charge in [-0.25, -0.2) is 0 Å². The van der Waals surface area contributed by atoms with E-state index >= 15 is 0 Å². The zero-order chi connectivity index (χ0) is 19.4. The fourth-order valence-corrected chi connectivity index (χ4v) is 5.74. The summed E-state index contributed by atoms with van der Waals surface area (Å²) in [5.41, 5.74) is 0. The van der Waals surface area contributed by atoms with E-state index < -0.39 is 0 Å². The summed E-state index contributed by atoms with van der Waals surface area (Å²) >= 11 is 0. The Kier molecular flexibility index (Phi) is 7.61. The second kappa shape index (κ2) is 9.73. The van der Waals surface area contributed by atoms with Crippen LogP contribution in [0.3, 0.4) is 0 Å². The van der Waals surface area contributed by atoms with Crippen LogP contribution in [0, 0.1) is 5.92 Å². The fourth-order valence-electron chi connectivity index (χ4n) is 5.74. The highest BCUT2D eigenvalue weighted by Crippen LogP contribution is 2.40. The fraction of sp³-hybridized carbons (Fsp3) is 0.957. The van der Waals surface area contributed by atoms with Crippen molar-refractivity contribution in [2.45, 2.75) is 109 Å². The van der Waals surface area contributed by atoms with Gasteiger partial charge in [0.1, 0.15) is 0 Å². The number of carbonyl (C=O) groups is 1. The van der Waals surface area contributed by atoms with Crippen molar-refractivity contribution in [2.75, 3.05) is 26.7 Å². The van der Waals surface area contributed by atoms with Gasteiger partial charge in [-0.05, 0) is 64.8 Å². The van der Waals surface area contributed by atoms with E-state index in [1.165, 1.54) is 51.4 Å². The molecule has 4 atom stereocenters. The van der Waals surface area contributed by atoms with Gasteiger partial charge in [-0.1, -0.05) is 26.7 Å². The van der Waals surface area contributed by atoms with E-state index in [1.54, 1.807) is 0 Å². The molecule has 3 rings (SSSR count). The Morgan fingerprint density at radius 2 is 1.89 bits per heavy atom. The van der Waals surface area contributed by atoms with Crippen LogP contribution in [-0.2, 0) is 4.79 Å². The molecule has 2 heterocycles. The van der Waals surface area contributed by atoms with Crippen molar-refractivity contribution in [2.24, 2.45) is 5.92 Å². The number of piperidine rings is 1. The van der Waals surface area contributed by atoms with Crippen LogP contribution in [0.1, 0.15) is 85.0 Å². The van der Waals surface area contributed by atoms with Crippen LogP contribution in [0.5, 0.6) is 0 Å². The number of carbonyl (C=O) groups excluding carboxylic acids is 1. The number of nitrogens with zero attached hydrogens (tertiary/aromatic N) is 3. The first-order chi connectivity index (χ1) is 13.0. The molecular weight excluding hydrogens is 334 g/mol. The van der Waals surface area contributed by atoms with E-state index in [1.807, 2.05) is 0 Å². The molecule has 0 N–H and O–H groups in total. The summed E-state index contributed by atoms with van der Waals surface area (Å²) in [6.07, 6.45) is 12.4. The molecule has 2 saturated heterocycles. The summed E-state index contributed by atoms with van der Waals surface area (Å²) < 4.78 is 0. The number of hydrogen-bond acceptors (Lipinski definition) is 3. The van der Waals surface area contributed by atoms with Crippen molar-refractivity contribution in [3.05, 3.63) is 0 Å². The molecule has 4 heteroatoms. The molecule has 0 bridgehead atoms.